The Labute approximate surface area is 163 Å². The van der Waals surface area contributed by atoms with Crippen LogP contribution in [0.3, 0.4) is 0 Å². The number of hydrogen-bond donors (Lipinski definition) is 0. The molecule has 2 heterocycles. The van der Waals surface area contributed by atoms with Gasteiger partial charge in [0.05, 0.1) is 23.6 Å². The molecule has 0 radical (unpaired) electrons. The molecule has 2 aromatic rings. The molecule has 0 aromatic heterocycles. The summed E-state index contributed by atoms with van der Waals surface area (Å²) in [4.78, 5) is 6.86. The molecule has 27 heavy (non-hydrogen) atoms. The van der Waals surface area contributed by atoms with Crippen molar-refractivity contribution in [3.63, 3.8) is 0 Å². The standard InChI is InChI=1S/C20H21FN2O2S2/c1-13-3-4-14(2)18(9-13)23-19-12-27(24,25)11-17(19)22-20(23)26-10-15-5-7-16(21)8-6-15/h3-9,17,19H,10-12H2,1-2H3/t17-,19+/m1/s1. The van der Waals surface area contributed by atoms with Crippen molar-refractivity contribution in [2.45, 2.75) is 31.7 Å². The molecule has 2 aromatic carbocycles. The van der Waals surface area contributed by atoms with E-state index in [2.05, 4.69) is 23.1 Å². The Morgan fingerprint density at radius 3 is 2.63 bits per heavy atom. The van der Waals surface area contributed by atoms with Crippen LogP contribution in [0.1, 0.15) is 16.7 Å². The number of anilines is 1. The highest BCUT2D eigenvalue weighted by atomic mass is 32.2. The molecule has 4 rings (SSSR count). The predicted molar refractivity (Wildman–Crippen MR) is 110 cm³/mol. The van der Waals surface area contributed by atoms with E-state index in [9.17, 15) is 12.8 Å². The van der Waals surface area contributed by atoms with Gasteiger partial charge in [-0.05, 0) is 48.7 Å². The number of sulfone groups is 1. The molecule has 0 amide bonds. The maximum atomic E-state index is 13.1. The van der Waals surface area contributed by atoms with Gasteiger partial charge in [0.15, 0.2) is 15.0 Å². The number of nitrogens with zero attached hydrogens (tertiary/aromatic N) is 2. The van der Waals surface area contributed by atoms with E-state index in [1.165, 1.54) is 12.1 Å². The quantitative estimate of drug-likeness (QED) is 0.782. The van der Waals surface area contributed by atoms with Gasteiger partial charge in [-0.15, -0.1) is 0 Å². The van der Waals surface area contributed by atoms with E-state index in [0.717, 1.165) is 27.5 Å². The van der Waals surface area contributed by atoms with Crippen molar-refractivity contribution in [3.8, 4) is 0 Å². The summed E-state index contributed by atoms with van der Waals surface area (Å²) in [5.74, 6) is 0.653. The molecule has 142 valence electrons. The lowest BCUT2D eigenvalue weighted by molar-refractivity contribution is 0.601. The van der Waals surface area contributed by atoms with Crippen LogP contribution >= 0.6 is 11.8 Å². The fourth-order valence-corrected chi connectivity index (χ4v) is 6.54. The Morgan fingerprint density at radius 1 is 1.15 bits per heavy atom. The van der Waals surface area contributed by atoms with E-state index in [-0.39, 0.29) is 29.4 Å². The van der Waals surface area contributed by atoms with E-state index in [0.29, 0.717) is 5.75 Å². The minimum Gasteiger partial charge on any atom is -0.315 e. The van der Waals surface area contributed by atoms with Crippen LogP contribution in [-0.2, 0) is 15.6 Å². The molecule has 2 aliphatic heterocycles. The summed E-state index contributed by atoms with van der Waals surface area (Å²) in [5.41, 5.74) is 4.25. The molecular weight excluding hydrogens is 383 g/mol. The number of rotatable bonds is 3. The molecule has 1 saturated heterocycles. The number of halogens is 1. The van der Waals surface area contributed by atoms with Gasteiger partial charge in [0, 0.05) is 11.4 Å². The zero-order valence-electron chi connectivity index (χ0n) is 15.2. The maximum absolute atomic E-state index is 13.1. The Bertz CT molecular complexity index is 1000. The number of hydrogen-bond acceptors (Lipinski definition) is 5. The van der Waals surface area contributed by atoms with Crippen LogP contribution in [0.2, 0.25) is 0 Å². The van der Waals surface area contributed by atoms with Crippen molar-refractivity contribution in [3.05, 3.63) is 65.0 Å². The van der Waals surface area contributed by atoms with Crippen LogP contribution in [0.25, 0.3) is 0 Å². The third-order valence-corrected chi connectivity index (χ3v) is 7.75. The van der Waals surface area contributed by atoms with Crippen LogP contribution in [0.4, 0.5) is 10.1 Å². The summed E-state index contributed by atoms with van der Waals surface area (Å²) < 4.78 is 37.4. The average Bonchev–Trinajstić information content (AvgIpc) is 3.08. The normalized spacial score (nSPS) is 23.4. The van der Waals surface area contributed by atoms with Crippen LogP contribution in [-0.4, -0.2) is 37.2 Å². The Morgan fingerprint density at radius 2 is 1.89 bits per heavy atom. The van der Waals surface area contributed by atoms with E-state index in [1.54, 1.807) is 23.9 Å². The first-order chi connectivity index (χ1) is 12.8. The summed E-state index contributed by atoms with van der Waals surface area (Å²) in [6.07, 6.45) is 0. The second-order valence-electron chi connectivity index (χ2n) is 7.20. The lowest BCUT2D eigenvalue weighted by Gasteiger charge is -2.28. The van der Waals surface area contributed by atoms with E-state index >= 15 is 0 Å². The molecule has 4 nitrogen and oxygen atoms in total. The highest BCUT2D eigenvalue weighted by Gasteiger charge is 2.47. The third kappa shape index (κ3) is 3.75. The molecule has 0 saturated carbocycles. The summed E-state index contributed by atoms with van der Waals surface area (Å²) in [5, 5.41) is 0.845. The van der Waals surface area contributed by atoms with Gasteiger partial charge >= 0.3 is 0 Å². The minimum atomic E-state index is -3.06. The Kier molecular flexibility index (Phi) is 4.76. The fourth-order valence-electron chi connectivity index (χ4n) is 3.62. The van der Waals surface area contributed by atoms with Crippen LogP contribution in [0.5, 0.6) is 0 Å². The summed E-state index contributed by atoms with van der Waals surface area (Å²) in [6.45, 7) is 4.07. The largest absolute Gasteiger partial charge is 0.315 e. The van der Waals surface area contributed by atoms with E-state index in [4.69, 9.17) is 4.99 Å². The van der Waals surface area contributed by atoms with Crippen molar-refractivity contribution in [2.75, 3.05) is 16.4 Å². The molecule has 0 bridgehead atoms. The first kappa shape index (κ1) is 18.5. The van der Waals surface area contributed by atoms with Crippen molar-refractivity contribution in [1.29, 1.82) is 0 Å². The fraction of sp³-hybridized carbons (Fsp3) is 0.350. The van der Waals surface area contributed by atoms with Crippen molar-refractivity contribution >= 4 is 32.5 Å². The number of amidine groups is 1. The van der Waals surface area contributed by atoms with Gasteiger partial charge in [-0.25, -0.2) is 12.8 Å². The number of benzene rings is 2. The Balaban J connectivity index is 1.65. The lowest BCUT2D eigenvalue weighted by Crippen LogP contribution is -2.39. The number of aliphatic imine (C=N–C) groups is 1. The van der Waals surface area contributed by atoms with Gasteiger partial charge < -0.3 is 4.90 Å². The first-order valence-electron chi connectivity index (χ1n) is 8.84. The molecule has 2 aliphatic rings. The van der Waals surface area contributed by atoms with E-state index < -0.39 is 9.84 Å². The molecule has 0 aliphatic carbocycles. The van der Waals surface area contributed by atoms with Crippen molar-refractivity contribution < 1.29 is 12.8 Å². The SMILES string of the molecule is Cc1ccc(C)c(N2C(SCc3ccc(F)cc3)=N[C@@H]3CS(=O)(=O)C[C@@H]32)c1. The van der Waals surface area contributed by atoms with Gasteiger partial charge in [0.1, 0.15) is 5.82 Å². The van der Waals surface area contributed by atoms with Crippen LogP contribution < -0.4 is 4.90 Å². The van der Waals surface area contributed by atoms with Gasteiger partial charge in [-0.3, -0.25) is 4.99 Å². The highest BCUT2D eigenvalue weighted by Crippen LogP contribution is 2.37. The molecular formula is C20H21FN2O2S2. The zero-order chi connectivity index (χ0) is 19.2. The molecule has 2 atom stereocenters. The summed E-state index contributed by atoms with van der Waals surface area (Å²) >= 11 is 1.58. The number of thioether (sulfide) groups is 1. The predicted octanol–water partition coefficient (Wildman–Crippen LogP) is 3.72. The van der Waals surface area contributed by atoms with Gasteiger partial charge in [0.2, 0.25) is 0 Å². The second kappa shape index (κ2) is 6.95. The van der Waals surface area contributed by atoms with Gasteiger partial charge in [0.25, 0.3) is 0 Å². The molecule has 1 fully saturated rings. The monoisotopic (exact) mass is 404 g/mol. The first-order valence-corrected chi connectivity index (χ1v) is 11.6. The average molecular weight is 405 g/mol. The maximum Gasteiger partial charge on any atom is 0.164 e. The highest BCUT2D eigenvalue weighted by molar-refractivity contribution is 8.13. The molecule has 0 N–H and O–H groups in total. The van der Waals surface area contributed by atoms with Gasteiger partial charge in [-0.2, -0.15) is 0 Å². The van der Waals surface area contributed by atoms with Crippen LogP contribution in [0.15, 0.2) is 47.5 Å². The summed E-state index contributed by atoms with van der Waals surface area (Å²) in [7, 11) is -3.06. The Hall–Kier alpha value is -1.86. The van der Waals surface area contributed by atoms with Crippen molar-refractivity contribution in [2.24, 2.45) is 4.99 Å². The molecule has 0 spiro atoms. The third-order valence-electron chi connectivity index (χ3n) is 5.01. The molecule has 7 heteroatoms. The number of fused-ring (bicyclic) bond motifs is 1. The van der Waals surface area contributed by atoms with Crippen molar-refractivity contribution in [1.82, 2.24) is 0 Å². The zero-order valence-corrected chi connectivity index (χ0v) is 16.9. The van der Waals surface area contributed by atoms with Gasteiger partial charge in [-0.1, -0.05) is 36.0 Å². The topological polar surface area (TPSA) is 49.7 Å². The number of aryl methyl sites for hydroxylation is 2. The van der Waals surface area contributed by atoms with Crippen LogP contribution in [0, 0.1) is 19.7 Å². The minimum absolute atomic E-state index is 0.111. The van der Waals surface area contributed by atoms with E-state index in [1.807, 2.05) is 13.8 Å². The summed E-state index contributed by atoms with van der Waals surface area (Å²) in [6, 6.07) is 12.3. The second-order valence-corrected chi connectivity index (χ2v) is 10.3. The smallest absolute Gasteiger partial charge is 0.164 e. The lowest BCUT2D eigenvalue weighted by atomic mass is 10.1. The molecule has 0 unspecified atom stereocenters.